The predicted molar refractivity (Wildman–Crippen MR) is 123 cm³/mol. The monoisotopic (exact) mass is 430 g/mol. The number of aliphatic hydroxyl groups is 3. The number of fused-ring (bicyclic) bond motifs is 2. The van der Waals surface area contributed by atoms with Gasteiger partial charge in [-0.15, -0.1) is 0 Å². The number of hydrogen-bond donors (Lipinski definition) is 4. The van der Waals surface area contributed by atoms with Gasteiger partial charge in [0.1, 0.15) is 24.4 Å². The molecule has 2 aromatic carbocycles. The maximum Gasteiger partial charge on any atom is 0.136 e. The minimum atomic E-state index is -0.937. The fourth-order valence-electron chi connectivity index (χ4n) is 5.85. The first-order valence-electron chi connectivity index (χ1n) is 11.1. The Morgan fingerprint density at radius 3 is 2.44 bits per heavy atom. The van der Waals surface area contributed by atoms with Crippen LogP contribution in [0.2, 0.25) is 0 Å². The van der Waals surface area contributed by atoms with Crippen LogP contribution in [0.1, 0.15) is 12.0 Å². The Labute approximate surface area is 186 Å². The first-order valence-corrected chi connectivity index (χ1v) is 11.1. The molecule has 32 heavy (non-hydrogen) atoms. The lowest BCUT2D eigenvalue weighted by molar-refractivity contribution is -0.0411. The molecule has 6 rings (SSSR count). The normalized spacial score (nSPS) is 36.9. The highest BCUT2D eigenvalue weighted by molar-refractivity contribution is 6.09. The molecule has 0 aromatic heterocycles. The van der Waals surface area contributed by atoms with Crippen LogP contribution in [0.5, 0.6) is 0 Å². The van der Waals surface area contributed by atoms with Crippen molar-refractivity contribution in [2.75, 3.05) is 11.9 Å². The van der Waals surface area contributed by atoms with Crippen LogP contribution in [0, 0.1) is 17.3 Å². The van der Waals surface area contributed by atoms with Gasteiger partial charge in [-0.2, -0.15) is 0 Å². The zero-order valence-electron chi connectivity index (χ0n) is 17.5. The number of para-hydroxylation sites is 1. The van der Waals surface area contributed by atoms with Gasteiger partial charge in [0, 0.05) is 17.3 Å². The molecule has 2 aliphatic heterocycles. The Morgan fingerprint density at radius 1 is 1.03 bits per heavy atom. The molecule has 4 aliphatic rings. The highest BCUT2D eigenvalue weighted by Gasteiger charge is 2.72. The van der Waals surface area contributed by atoms with Gasteiger partial charge in [-0.25, -0.2) is 9.98 Å². The minimum Gasteiger partial charge on any atom is -0.396 e. The van der Waals surface area contributed by atoms with Crippen molar-refractivity contribution in [3.63, 3.8) is 0 Å². The Balaban J connectivity index is 1.39. The van der Waals surface area contributed by atoms with E-state index in [1.54, 1.807) is 6.34 Å². The lowest BCUT2D eigenvalue weighted by Crippen LogP contribution is -2.49. The molecule has 7 nitrogen and oxygen atoms in total. The smallest absolute Gasteiger partial charge is 0.136 e. The molecular weight excluding hydrogens is 404 g/mol. The van der Waals surface area contributed by atoms with Crippen LogP contribution in [-0.4, -0.2) is 63.4 Å². The van der Waals surface area contributed by atoms with Crippen molar-refractivity contribution in [2.45, 2.75) is 30.8 Å². The van der Waals surface area contributed by atoms with Gasteiger partial charge in [0.2, 0.25) is 0 Å². The van der Waals surface area contributed by atoms with Crippen molar-refractivity contribution in [1.82, 2.24) is 4.90 Å². The molecule has 2 saturated carbocycles. The summed E-state index contributed by atoms with van der Waals surface area (Å²) in [5.41, 5.74) is 2.49. The Bertz CT molecular complexity index is 1100. The Kier molecular flexibility index (Phi) is 4.47. The van der Waals surface area contributed by atoms with E-state index in [-0.39, 0.29) is 30.7 Å². The van der Waals surface area contributed by atoms with Crippen LogP contribution in [0.4, 0.5) is 5.69 Å². The molecule has 2 aliphatic carbocycles. The molecule has 0 radical (unpaired) electrons. The summed E-state index contributed by atoms with van der Waals surface area (Å²) in [5, 5.41) is 35.0. The molecule has 7 atom stereocenters. The van der Waals surface area contributed by atoms with E-state index in [0.29, 0.717) is 6.42 Å². The molecule has 0 bridgehead atoms. The summed E-state index contributed by atoms with van der Waals surface area (Å²) >= 11 is 0. The standard InChI is InChI=1S/C25H26N4O3/c30-13-25-11-18(25)20(21(31)22(25)32)29-12-17(15-7-3-1-4-8-15)19-23(26-14-27-24(19)29)28-16-9-5-2-6-10-16/h1-10,12,14,18-22,24,30-32H,11,13H2,(H,26,27,28)/t18-,19?,20?,21?,22?,24?,25+/m1/s1. The number of amidine groups is 1. The minimum absolute atomic E-state index is 0.0316. The number of aliphatic imine (C=N–C) groups is 2. The Morgan fingerprint density at radius 2 is 1.75 bits per heavy atom. The molecule has 5 unspecified atom stereocenters. The van der Waals surface area contributed by atoms with E-state index in [4.69, 9.17) is 4.99 Å². The predicted octanol–water partition coefficient (Wildman–Crippen LogP) is 1.94. The number of hydrogen-bond acceptors (Lipinski definition) is 7. The van der Waals surface area contributed by atoms with E-state index >= 15 is 0 Å². The summed E-state index contributed by atoms with van der Waals surface area (Å²) in [4.78, 5) is 11.4. The molecule has 2 fully saturated rings. The molecule has 0 saturated heterocycles. The van der Waals surface area contributed by atoms with E-state index in [2.05, 4.69) is 33.5 Å². The summed E-state index contributed by atoms with van der Waals surface area (Å²) in [5.74, 6) is 0.685. The summed E-state index contributed by atoms with van der Waals surface area (Å²) in [7, 11) is 0. The van der Waals surface area contributed by atoms with Gasteiger partial charge in [-0.1, -0.05) is 48.5 Å². The SMILES string of the molecule is OC[C@@]12C[C@@H]1C(N1C=C(c3ccccc3)C3C(Nc4ccccc4)=NC=NC31)C(O)C2O. The van der Waals surface area contributed by atoms with Crippen LogP contribution >= 0.6 is 0 Å². The van der Waals surface area contributed by atoms with Crippen molar-refractivity contribution in [3.8, 4) is 0 Å². The third-order valence-corrected chi connectivity index (χ3v) is 7.58. The fraction of sp³-hybridized carbons (Fsp3) is 0.360. The molecule has 7 heteroatoms. The lowest BCUT2D eigenvalue weighted by atomic mass is 9.91. The summed E-state index contributed by atoms with van der Waals surface area (Å²) in [6.07, 6.45) is 2.20. The molecule has 4 N–H and O–H groups in total. The van der Waals surface area contributed by atoms with Gasteiger partial charge in [0.05, 0.1) is 24.7 Å². The number of aliphatic hydroxyl groups excluding tert-OH is 3. The van der Waals surface area contributed by atoms with Crippen LogP contribution in [0.25, 0.3) is 5.57 Å². The van der Waals surface area contributed by atoms with Gasteiger partial charge < -0.3 is 25.5 Å². The number of rotatable bonds is 4. The van der Waals surface area contributed by atoms with E-state index in [1.165, 1.54) is 0 Å². The average Bonchev–Trinajstić information content (AvgIpc) is 3.38. The fourth-order valence-corrected chi connectivity index (χ4v) is 5.85. The van der Waals surface area contributed by atoms with Gasteiger partial charge in [-0.3, -0.25) is 0 Å². The van der Waals surface area contributed by atoms with Crippen LogP contribution in [0.15, 0.2) is 76.8 Å². The van der Waals surface area contributed by atoms with Crippen LogP contribution in [-0.2, 0) is 0 Å². The van der Waals surface area contributed by atoms with Crippen molar-refractivity contribution in [3.05, 3.63) is 72.4 Å². The van der Waals surface area contributed by atoms with Crippen molar-refractivity contribution in [2.24, 2.45) is 27.2 Å². The van der Waals surface area contributed by atoms with Crippen molar-refractivity contribution < 1.29 is 15.3 Å². The second-order valence-corrected chi connectivity index (χ2v) is 9.19. The molecular formula is C25H26N4O3. The highest BCUT2D eigenvalue weighted by Crippen LogP contribution is 2.65. The van der Waals surface area contributed by atoms with E-state index in [1.807, 2.05) is 48.5 Å². The molecule has 2 heterocycles. The average molecular weight is 431 g/mol. The maximum atomic E-state index is 10.9. The number of benzene rings is 2. The first-order chi connectivity index (χ1) is 15.6. The zero-order chi connectivity index (χ0) is 21.9. The molecule has 164 valence electrons. The van der Waals surface area contributed by atoms with Crippen molar-refractivity contribution in [1.29, 1.82) is 0 Å². The third kappa shape index (κ3) is 2.78. The number of nitrogens with zero attached hydrogens (tertiary/aromatic N) is 3. The second kappa shape index (κ2) is 7.27. The zero-order valence-corrected chi connectivity index (χ0v) is 17.5. The number of nitrogens with one attached hydrogen (secondary N) is 1. The molecule has 0 spiro atoms. The van der Waals surface area contributed by atoms with Gasteiger partial charge >= 0.3 is 0 Å². The van der Waals surface area contributed by atoms with E-state index in [9.17, 15) is 15.3 Å². The quantitative estimate of drug-likeness (QED) is 0.594. The Hall–Kier alpha value is -3.00. The maximum absolute atomic E-state index is 10.9. The summed E-state index contributed by atoms with van der Waals surface area (Å²) in [6.45, 7) is -0.116. The van der Waals surface area contributed by atoms with Gasteiger partial charge in [0.15, 0.2) is 0 Å². The second-order valence-electron chi connectivity index (χ2n) is 9.19. The number of anilines is 1. The topological polar surface area (TPSA) is 101 Å². The van der Waals surface area contributed by atoms with Crippen LogP contribution in [0.3, 0.4) is 0 Å². The third-order valence-electron chi connectivity index (χ3n) is 7.58. The summed E-state index contributed by atoms with van der Waals surface area (Å²) < 4.78 is 0. The molecule has 0 amide bonds. The molecule has 2 aromatic rings. The summed E-state index contributed by atoms with van der Waals surface area (Å²) in [6, 6.07) is 19.8. The largest absolute Gasteiger partial charge is 0.396 e. The van der Waals surface area contributed by atoms with Crippen LogP contribution < -0.4 is 5.32 Å². The van der Waals surface area contributed by atoms with E-state index in [0.717, 1.165) is 22.7 Å². The van der Waals surface area contributed by atoms with Gasteiger partial charge in [0.25, 0.3) is 0 Å². The highest BCUT2D eigenvalue weighted by atomic mass is 16.3. The van der Waals surface area contributed by atoms with Crippen molar-refractivity contribution >= 4 is 23.4 Å². The first kappa shape index (κ1) is 19.7. The lowest BCUT2D eigenvalue weighted by Gasteiger charge is -2.36. The van der Waals surface area contributed by atoms with E-state index < -0.39 is 17.6 Å². The van der Waals surface area contributed by atoms with Gasteiger partial charge in [-0.05, 0) is 35.6 Å².